The van der Waals surface area contributed by atoms with E-state index in [4.69, 9.17) is 0 Å². The Morgan fingerprint density at radius 3 is 2.50 bits per heavy atom. The summed E-state index contributed by atoms with van der Waals surface area (Å²) in [7, 11) is 1.86. The van der Waals surface area contributed by atoms with E-state index in [1.807, 2.05) is 49.1 Å². The molecule has 0 bridgehead atoms. The Hall–Kier alpha value is -2.04. The van der Waals surface area contributed by atoms with E-state index in [-0.39, 0.29) is 11.9 Å². The Kier molecular flexibility index (Phi) is 4.27. The van der Waals surface area contributed by atoms with Crippen molar-refractivity contribution in [1.29, 1.82) is 0 Å². The van der Waals surface area contributed by atoms with Crippen LogP contribution < -0.4 is 5.32 Å². The quantitative estimate of drug-likeness (QED) is 0.911. The second kappa shape index (κ2) is 5.94. The maximum absolute atomic E-state index is 12.5. The monoisotopic (exact) mass is 274 g/mol. The zero-order valence-corrected chi connectivity index (χ0v) is 12.5. The molecule has 2 rings (SSSR count). The van der Waals surface area contributed by atoms with Crippen LogP contribution >= 0.6 is 0 Å². The molecule has 0 saturated carbocycles. The first-order chi connectivity index (χ1) is 9.47. The van der Waals surface area contributed by atoms with Crippen molar-refractivity contribution >= 4 is 11.7 Å². The molecule has 0 fully saturated rings. The highest BCUT2D eigenvalue weighted by Crippen LogP contribution is 2.20. The summed E-state index contributed by atoms with van der Waals surface area (Å²) in [5.41, 5.74) is 1.02. The maximum Gasteiger partial charge on any atom is 0.248 e. The van der Waals surface area contributed by atoms with Crippen molar-refractivity contribution in [2.24, 2.45) is 13.0 Å². The Balaban J connectivity index is 2.14. The Bertz CT molecular complexity index is 549. The predicted molar refractivity (Wildman–Crippen MR) is 79.5 cm³/mol. The smallest absolute Gasteiger partial charge is 0.248 e. The molecule has 108 valence electrons. The molecule has 0 spiro atoms. The van der Waals surface area contributed by atoms with Crippen molar-refractivity contribution in [2.75, 3.05) is 5.32 Å². The average molecular weight is 274 g/mol. The third-order valence-electron chi connectivity index (χ3n) is 3.35. The maximum atomic E-state index is 12.5. The lowest BCUT2D eigenvalue weighted by atomic mass is 10.0. The zero-order chi connectivity index (χ0) is 14.7. The van der Waals surface area contributed by atoms with Gasteiger partial charge in [0.25, 0.3) is 0 Å². The summed E-state index contributed by atoms with van der Waals surface area (Å²) in [6.07, 6.45) is 4.65. The van der Waals surface area contributed by atoms with Crippen molar-refractivity contribution in [1.82, 2.24) is 14.3 Å². The van der Waals surface area contributed by atoms with Gasteiger partial charge in [-0.3, -0.25) is 9.48 Å². The number of anilines is 1. The molecule has 5 heteroatoms. The van der Waals surface area contributed by atoms with Crippen molar-refractivity contribution in [2.45, 2.75) is 33.2 Å². The molecule has 0 aliphatic rings. The molecule has 20 heavy (non-hydrogen) atoms. The van der Waals surface area contributed by atoms with Crippen LogP contribution in [0.25, 0.3) is 0 Å². The molecule has 0 radical (unpaired) electrons. The molecule has 2 heterocycles. The number of hydrogen-bond donors (Lipinski definition) is 1. The summed E-state index contributed by atoms with van der Waals surface area (Å²) in [6.45, 7) is 6.20. The van der Waals surface area contributed by atoms with Crippen LogP contribution in [-0.2, 0) is 11.8 Å². The Morgan fingerprint density at radius 2 is 2.00 bits per heavy atom. The summed E-state index contributed by atoms with van der Waals surface area (Å²) in [5, 5.41) is 7.17. The molecule has 5 nitrogen and oxygen atoms in total. The van der Waals surface area contributed by atoms with E-state index in [1.165, 1.54) is 0 Å². The lowest BCUT2D eigenvalue weighted by Gasteiger charge is -2.19. The molecule has 0 unspecified atom stereocenters. The minimum atomic E-state index is -0.202. The second-order valence-electron chi connectivity index (χ2n) is 5.56. The van der Waals surface area contributed by atoms with E-state index in [1.54, 1.807) is 4.68 Å². The van der Waals surface area contributed by atoms with Crippen LogP contribution in [0.4, 0.5) is 5.82 Å². The number of carbonyl (C=O) groups is 1. The van der Waals surface area contributed by atoms with Gasteiger partial charge in [-0.1, -0.05) is 13.8 Å². The number of aryl methyl sites for hydroxylation is 2. The first-order valence-electron chi connectivity index (χ1n) is 6.91. The molecule has 2 aromatic heterocycles. The molecule has 0 aromatic carbocycles. The number of hydrogen-bond acceptors (Lipinski definition) is 2. The van der Waals surface area contributed by atoms with E-state index in [0.717, 1.165) is 12.1 Å². The summed E-state index contributed by atoms with van der Waals surface area (Å²) in [5.74, 6) is 1.03. The summed E-state index contributed by atoms with van der Waals surface area (Å²) in [4.78, 5) is 12.5. The summed E-state index contributed by atoms with van der Waals surface area (Å²) in [6, 6.07) is 5.55. The topological polar surface area (TPSA) is 51.9 Å². The largest absolute Gasteiger partial charge is 0.342 e. The Labute approximate surface area is 119 Å². The van der Waals surface area contributed by atoms with Gasteiger partial charge in [0.1, 0.15) is 6.04 Å². The van der Waals surface area contributed by atoms with Gasteiger partial charge in [-0.15, -0.1) is 0 Å². The van der Waals surface area contributed by atoms with Gasteiger partial charge in [0, 0.05) is 31.2 Å². The zero-order valence-electron chi connectivity index (χ0n) is 12.5. The van der Waals surface area contributed by atoms with Crippen LogP contribution in [0, 0.1) is 12.8 Å². The van der Waals surface area contributed by atoms with E-state index in [9.17, 15) is 4.79 Å². The molecule has 1 N–H and O–H groups in total. The third kappa shape index (κ3) is 3.29. The van der Waals surface area contributed by atoms with Gasteiger partial charge in [-0.2, -0.15) is 5.10 Å². The highest BCUT2D eigenvalue weighted by atomic mass is 16.2. The lowest BCUT2D eigenvalue weighted by Crippen LogP contribution is -2.26. The highest BCUT2D eigenvalue weighted by molar-refractivity contribution is 5.92. The van der Waals surface area contributed by atoms with Gasteiger partial charge in [-0.25, -0.2) is 0 Å². The lowest BCUT2D eigenvalue weighted by molar-refractivity contribution is -0.119. The number of amides is 1. The minimum Gasteiger partial charge on any atom is -0.342 e. The Morgan fingerprint density at radius 1 is 1.35 bits per heavy atom. The van der Waals surface area contributed by atoms with E-state index < -0.39 is 0 Å². The van der Waals surface area contributed by atoms with E-state index >= 15 is 0 Å². The number of aromatic nitrogens is 3. The van der Waals surface area contributed by atoms with Crippen LogP contribution in [0.5, 0.6) is 0 Å². The highest BCUT2D eigenvalue weighted by Gasteiger charge is 2.21. The van der Waals surface area contributed by atoms with Crippen LogP contribution in [0.2, 0.25) is 0 Å². The van der Waals surface area contributed by atoms with Crippen LogP contribution in [0.3, 0.4) is 0 Å². The molecule has 0 aliphatic carbocycles. The van der Waals surface area contributed by atoms with Crippen molar-refractivity contribution in [3.05, 3.63) is 36.3 Å². The van der Waals surface area contributed by atoms with Crippen molar-refractivity contribution in [3.8, 4) is 0 Å². The van der Waals surface area contributed by atoms with Gasteiger partial charge >= 0.3 is 0 Å². The van der Waals surface area contributed by atoms with Crippen LogP contribution in [-0.4, -0.2) is 20.3 Å². The predicted octanol–water partition coefficient (Wildman–Crippen LogP) is 2.76. The molecular weight excluding hydrogens is 252 g/mol. The van der Waals surface area contributed by atoms with Gasteiger partial charge in [-0.05, 0) is 31.4 Å². The first-order valence-corrected chi connectivity index (χ1v) is 6.91. The van der Waals surface area contributed by atoms with Gasteiger partial charge in [0.05, 0.1) is 0 Å². The fourth-order valence-electron chi connectivity index (χ4n) is 2.20. The number of nitrogens with zero attached hydrogens (tertiary/aromatic N) is 3. The van der Waals surface area contributed by atoms with Crippen molar-refractivity contribution in [3.63, 3.8) is 0 Å². The number of rotatable bonds is 5. The molecule has 1 atom stereocenters. The van der Waals surface area contributed by atoms with Gasteiger partial charge in [0.15, 0.2) is 5.82 Å². The number of nitrogens with one attached hydrogen (secondary N) is 1. The average Bonchev–Trinajstić information content (AvgIpc) is 2.97. The normalized spacial score (nSPS) is 12.7. The fraction of sp³-hybridized carbons (Fsp3) is 0.467. The minimum absolute atomic E-state index is 0.0204. The molecule has 1 amide bonds. The first kappa shape index (κ1) is 14.4. The van der Waals surface area contributed by atoms with E-state index in [2.05, 4.69) is 24.3 Å². The van der Waals surface area contributed by atoms with Crippen LogP contribution in [0.15, 0.2) is 30.6 Å². The van der Waals surface area contributed by atoms with Gasteiger partial charge < -0.3 is 9.88 Å². The SMILES string of the molecule is Cc1cc(NC(=O)[C@H](CC(C)C)n2cccc2)nn1C. The van der Waals surface area contributed by atoms with Crippen LogP contribution in [0.1, 0.15) is 32.0 Å². The summed E-state index contributed by atoms with van der Waals surface area (Å²) < 4.78 is 3.70. The number of carbonyl (C=O) groups excluding carboxylic acids is 1. The molecule has 2 aromatic rings. The summed E-state index contributed by atoms with van der Waals surface area (Å²) >= 11 is 0. The second-order valence-corrected chi connectivity index (χ2v) is 5.56. The molecular formula is C15H22N4O. The molecule has 0 saturated heterocycles. The van der Waals surface area contributed by atoms with Crippen molar-refractivity contribution < 1.29 is 4.79 Å². The third-order valence-corrected chi connectivity index (χ3v) is 3.35. The van der Waals surface area contributed by atoms with E-state index in [0.29, 0.717) is 11.7 Å². The fourth-order valence-corrected chi connectivity index (χ4v) is 2.20. The molecule has 0 aliphatic heterocycles. The standard InChI is InChI=1S/C15H22N4O/c1-11(2)9-13(19-7-5-6-8-19)15(20)16-14-10-12(3)18(4)17-14/h5-8,10-11,13H,9H2,1-4H3,(H,16,17,20)/t13-/m0/s1. The van der Waals surface area contributed by atoms with Gasteiger partial charge in [0.2, 0.25) is 5.91 Å².